The lowest BCUT2D eigenvalue weighted by Gasteiger charge is -2.27. The molecule has 1 aromatic heterocycles. The third kappa shape index (κ3) is 5.79. The van der Waals surface area contributed by atoms with Crippen molar-refractivity contribution in [3.05, 3.63) is 65.5 Å². The van der Waals surface area contributed by atoms with Gasteiger partial charge < -0.3 is 19.5 Å². The van der Waals surface area contributed by atoms with E-state index in [2.05, 4.69) is 9.88 Å². The highest BCUT2D eigenvalue weighted by Gasteiger charge is 2.20. The lowest BCUT2D eigenvalue weighted by Crippen LogP contribution is -2.42. The van der Waals surface area contributed by atoms with Crippen molar-refractivity contribution in [3.63, 3.8) is 0 Å². The van der Waals surface area contributed by atoms with Crippen LogP contribution in [0.3, 0.4) is 0 Å². The van der Waals surface area contributed by atoms with Gasteiger partial charge in [0.1, 0.15) is 12.4 Å². The highest BCUT2D eigenvalue weighted by Crippen LogP contribution is 2.18. The van der Waals surface area contributed by atoms with E-state index in [1.54, 1.807) is 0 Å². The third-order valence-corrected chi connectivity index (χ3v) is 6.14. The number of unbranched alkanes of at least 4 members (excludes halogenated alkanes) is 2. The van der Waals surface area contributed by atoms with Crippen molar-refractivity contribution in [3.8, 4) is 0 Å². The minimum Gasteiger partial charge on any atom is -0.378 e. The molecule has 7 nitrogen and oxygen atoms in total. The largest absolute Gasteiger partial charge is 0.378 e. The highest BCUT2D eigenvalue weighted by atomic mass is 16.5. The molecule has 2 amide bonds. The summed E-state index contributed by atoms with van der Waals surface area (Å²) in [7, 11) is 0. The first-order valence-electron chi connectivity index (χ1n) is 11.8. The van der Waals surface area contributed by atoms with E-state index in [1.165, 1.54) is 0 Å². The Morgan fingerprint density at radius 2 is 1.76 bits per heavy atom. The molecule has 0 bridgehead atoms. The maximum absolute atomic E-state index is 12.9. The average molecular weight is 449 g/mol. The number of para-hydroxylation sites is 2. The standard InChI is InChI=1S/C26H32N4O3/c1-20-9-4-5-10-21(20)26(32)27-14-8-2-3-13-24-28-22-11-6-7-12-23(22)30(24)19-25(31)29-15-17-33-18-16-29/h4-7,9-12H,2-3,8,13-19H2,1H3,(H,27,32). The van der Waals surface area contributed by atoms with Crippen molar-refractivity contribution >= 4 is 22.8 Å². The van der Waals surface area contributed by atoms with Gasteiger partial charge in [-0.05, 0) is 43.5 Å². The molecule has 0 atom stereocenters. The molecular weight excluding hydrogens is 416 g/mol. The Bertz CT molecular complexity index is 1100. The molecule has 2 aromatic carbocycles. The van der Waals surface area contributed by atoms with Crippen LogP contribution in [0, 0.1) is 6.92 Å². The zero-order valence-electron chi connectivity index (χ0n) is 19.3. The summed E-state index contributed by atoms with van der Waals surface area (Å²) in [4.78, 5) is 31.9. The second-order valence-electron chi connectivity index (χ2n) is 8.48. The second-order valence-corrected chi connectivity index (χ2v) is 8.48. The first-order chi connectivity index (χ1) is 16.1. The zero-order chi connectivity index (χ0) is 23.0. The van der Waals surface area contributed by atoms with E-state index in [1.807, 2.05) is 60.4 Å². The lowest BCUT2D eigenvalue weighted by atomic mass is 10.1. The van der Waals surface area contributed by atoms with Gasteiger partial charge in [0, 0.05) is 31.6 Å². The van der Waals surface area contributed by atoms with Gasteiger partial charge in [0.15, 0.2) is 0 Å². The number of carbonyl (C=O) groups is 2. The quantitative estimate of drug-likeness (QED) is 0.510. The van der Waals surface area contributed by atoms with E-state index in [0.717, 1.165) is 53.7 Å². The van der Waals surface area contributed by atoms with Crippen molar-refractivity contribution in [2.24, 2.45) is 0 Å². The van der Waals surface area contributed by atoms with Gasteiger partial charge in [0.25, 0.3) is 5.91 Å². The Kier molecular flexibility index (Phi) is 7.73. The smallest absolute Gasteiger partial charge is 0.251 e. The summed E-state index contributed by atoms with van der Waals surface area (Å²) in [6.07, 6.45) is 3.64. The summed E-state index contributed by atoms with van der Waals surface area (Å²) in [6.45, 7) is 5.41. The molecule has 0 saturated carbocycles. The monoisotopic (exact) mass is 448 g/mol. The van der Waals surface area contributed by atoms with Gasteiger partial charge in [-0.1, -0.05) is 36.8 Å². The van der Waals surface area contributed by atoms with Gasteiger partial charge in [0.2, 0.25) is 5.91 Å². The molecule has 3 aromatic rings. The molecule has 1 saturated heterocycles. The summed E-state index contributed by atoms with van der Waals surface area (Å²) < 4.78 is 7.43. The van der Waals surface area contributed by atoms with E-state index in [9.17, 15) is 9.59 Å². The Morgan fingerprint density at radius 3 is 2.58 bits per heavy atom. The second kappa shape index (κ2) is 11.1. The van der Waals surface area contributed by atoms with Crippen molar-refractivity contribution in [2.75, 3.05) is 32.8 Å². The number of nitrogens with zero attached hydrogens (tertiary/aromatic N) is 3. The predicted molar refractivity (Wildman–Crippen MR) is 128 cm³/mol. The van der Waals surface area contributed by atoms with Crippen molar-refractivity contribution in [1.29, 1.82) is 0 Å². The lowest BCUT2D eigenvalue weighted by molar-refractivity contribution is -0.135. The van der Waals surface area contributed by atoms with Gasteiger partial charge >= 0.3 is 0 Å². The molecule has 1 aliphatic rings. The Morgan fingerprint density at radius 1 is 1.00 bits per heavy atom. The van der Waals surface area contributed by atoms with Crippen molar-refractivity contribution in [2.45, 2.75) is 39.2 Å². The van der Waals surface area contributed by atoms with Gasteiger partial charge in [0.05, 0.1) is 24.2 Å². The number of aromatic nitrogens is 2. The van der Waals surface area contributed by atoms with E-state index in [0.29, 0.717) is 39.4 Å². The first kappa shape index (κ1) is 23.0. The van der Waals surface area contributed by atoms with E-state index in [-0.39, 0.29) is 11.8 Å². The number of aryl methyl sites for hydroxylation is 2. The molecule has 4 rings (SSSR count). The number of hydrogen-bond donors (Lipinski definition) is 1. The fourth-order valence-electron chi connectivity index (χ4n) is 4.25. The van der Waals surface area contributed by atoms with Crippen LogP contribution in [0.25, 0.3) is 11.0 Å². The van der Waals surface area contributed by atoms with Crippen LogP contribution in [-0.2, 0) is 22.5 Å². The van der Waals surface area contributed by atoms with E-state index < -0.39 is 0 Å². The summed E-state index contributed by atoms with van der Waals surface area (Å²) >= 11 is 0. The van der Waals surface area contributed by atoms with Crippen LogP contribution in [0.4, 0.5) is 0 Å². The van der Waals surface area contributed by atoms with Gasteiger partial charge in [-0.15, -0.1) is 0 Å². The number of imidazole rings is 1. The summed E-state index contributed by atoms with van der Waals surface area (Å²) in [5, 5.41) is 3.01. The summed E-state index contributed by atoms with van der Waals surface area (Å²) in [5.41, 5.74) is 3.64. The first-order valence-corrected chi connectivity index (χ1v) is 11.8. The third-order valence-electron chi connectivity index (χ3n) is 6.14. The van der Waals surface area contributed by atoms with Gasteiger partial charge in [-0.2, -0.15) is 0 Å². The number of ether oxygens (including phenoxy) is 1. The number of fused-ring (bicyclic) bond motifs is 1. The molecule has 33 heavy (non-hydrogen) atoms. The number of amides is 2. The van der Waals surface area contributed by atoms with Gasteiger partial charge in [-0.25, -0.2) is 4.98 Å². The molecular formula is C26H32N4O3. The van der Waals surface area contributed by atoms with Gasteiger partial charge in [-0.3, -0.25) is 9.59 Å². The zero-order valence-corrected chi connectivity index (χ0v) is 19.3. The molecule has 0 radical (unpaired) electrons. The van der Waals surface area contributed by atoms with Crippen LogP contribution in [0.2, 0.25) is 0 Å². The number of hydrogen-bond acceptors (Lipinski definition) is 4. The summed E-state index contributed by atoms with van der Waals surface area (Å²) in [6, 6.07) is 15.6. The van der Waals surface area contributed by atoms with Crippen LogP contribution >= 0.6 is 0 Å². The van der Waals surface area contributed by atoms with Crippen LogP contribution in [0.5, 0.6) is 0 Å². The predicted octanol–water partition coefficient (Wildman–Crippen LogP) is 3.35. The topological polar surface area (TPSA) is 76.5 Å². The number of rotatable bonds is 9. The van der Waals surface area contributed by atoms with Crippen LogP contribution < -0.4 is 5.32 Å². The fourth-order valence-corrected chi connectivity index (χ4v) is 4.25. The molecule has 174 valence electrons. The number of nitrogens with one attached hydrogen (secondary N) is 1. The molecule has 1 N–H and O–H groups in total. The van der Waals surface area contributed by atoms with Crippen LogP contribution in [0.15, 0.2) is 48.5 Å². The van der Waals surface area contributed by atoms with Crippen molar-refractivity contribution < 1.29 is 14.3 Å². The average Bonchev–Trinajstić information content (AvgIpc) is 3.19. The van der Waals surface area contributed by atoms with Crippen LogP contribution in [0.1, 0.15) is 41.0 Å². The molecule has 7 heteroatoms. The number of carbonyl (C=O) groups excluding carboxylic acids is 2. The molecule has 0 unspecified atom stereocenters. The van der Waals surface area contributed by atoms with Crippen molar-refractivity contribution in [1.82, 2.24) is 19.8 Å². The Balaban J connectivity index is 1.30. The number of morpholine rings is 1. The highest BCUT2D eigenvalue weighted by molar-refractivity contribution is 5.95. The molecule has 2 heterocycles. The van der Waals surface area contributed by atoms with E-state index >= 15 is 0 Å². The van der Waals surface area contributed by atoms with Crippen LogP contribution in [-0.4, -0.2) is 59.1 Å². The molecule has 0 spiro atoms. The SMILES string of the molecule is Cc1ccccc1C(=O)NCCCCCc1nc2ccccc2n1CC(=O)N1CCOCC1. The molecule has 0 aliphatic carbocycles. The Hall–Kier alpha value is -3.19. The minimum atomic E-state index is -0.0171. The molecule has 1 fully saturated rings. The maximum atomic E-state index is 12.9. The van der Waals surface area contributed by atoms with E-state index in [4.69, 9.17) is 9.72 Å². The summed E-state index contributed by atoms with van der Waals surface area (Å²) in [5.74, 6) is 1.04. The normalized spacial score (nSPS) is 13.9. The minimum absolute atomic E-state index is 0.0171. The maximum Gasteiger partial charge on any atom is 0.251 e. The fraction of sp³-hybridized carbons (Fsp3) is 0.423. The molecule has 1 aliphatic heterocycles. The Labute approximate surface area is 194 Å². The number of benzene rings is 2.